The predicted octanol–water partition coefficient (Wildman–Crippen LogP) is 2.32. The van der Waals surface area contributed by atoms with Gasteiger partial charge in [-0.1, -0.05) is 0 Å². The van der Waals surface area contributed by atoms with Crippen LogP contribution in [0.1, 0.15) is 10.4 Å². The SMILES string of the molecule is COc1cc(OC)cc(C(=O)Nc2ncc([N+](=O)[O-])s2)c1. The minimum absolute atomic E-state index is 0.145. The number of anilines is 1. The van der Waals surface area contributed by atoms with Crippen LogP contribution in [0.3, 0.4) is 0 Å². The lowest BCUT2D eigenvalue weighted by Gasteiger charge is -2.07. The van der Waals surface area contributed by atoms with Gasteiger partial charge in [-0.15, -0.1) is 0 Å². The second kappa shape index (κ2) is 6.18. The van der Waals surface area contributed by atoms with Gasteiger partial charge in [0.25, 0.3) is 5.91 Å². The average Bonchev–Trinajstić information content (AvgIpc) is 2.95. The van der Waals surface area contributed by atoms with Gasteiger partial charge >= 0.3 is 5.00 Å². The van der Waals surface area contributed by atoms with Crippen molar-refractivity contribution in [2.75, 3.05) is 19.5 Å². The third-order valence-corrected chi connectivity index (χ3v) is 3.37. The number of hydrogen-bond donors (Lipinski definition) is 1. The molecule has 0 aliphatic heterocycles. The highest BCUT2D eigenvalue weighted by atomic mass is 32.1. The largest absolute Gasteiger partial charge is 0.497 e. The highest BCUT2D eigenvalue weighted by molar-refractivity contribution is 7.18. The lowest BCUT2D eigenvalue weighted by Crippen LogP contribution is -2.11. The van der Waals surface area contributed by atoms with E-state index < -0.39 is 10.8 Å². The molecule has 1 aromatic carbocycles. The number of amides is 1. The Labute approximate surface area is 123 Å². The highest BCUT2D eigenvalue weighted by Gasteiger charge is 2.15. The van der Waals surface area contributed by atoms with E-state index in [0.717, 1.165) is 17.5 Å². The molecule has 0 aliphatic carbocycles. The van der Waals surface area contributed by atoms with E-state index in [4.69, 9.17) is 9.47 Å². The van der Waals surface area contributed by atoms with Gasteiger partial charge in [0.15, 0.2) is 5.13 Å². The second-order valence-electron chi connectivity index (χ2n) is 3.82. The van der Waals surface area contributed by atoms with Crippen molar-refractivity contribution in [1.82, 2.24) is 4.98 Å². The summed E-state index contributed by atoms with van der Waals surface area (Å²) in [6.45, 7) is 0. The van der Waals surface area contributed by atoms with Crippen molar-refractivity contribution in [3.8, 4) is 11.5 Å². The number of ether oxygens (including phenoxy) is 2. The monoisotopic (exact) mass is 309 g/mol. The van der Waals surface area contributed by atoms with Crippen LogP contribution in [0.4, 0.5) is 10.1 Å². The first-order valence-electron chi connectivity index (χ1n) is 5.68. The fourth-order valence-electron chi connectivity index (χ4n) is 1.52. The summed E-state index contributed by atoms with van der Waals surface area (Å²) in [7, 11) is 2.95. The Balaban J connectivity index is 2.21. The number of hydrogen-bond acceptors (Lipinski definition) is 7. The third kappa shape index (κ3) is 3.45. The summed E-state index contributed by atoms with van der Waals surface area (Å²) in [6.07, 6.45) is 1.09. The molecule has 9 heteroatoms. The molecule has 0 aliphatic rings. The van der Waals surface area contributed by atoms with Crippen LogP contribution in [0.25, 0.3) is 0 Å². The van der Waals surface area contributed by atoms with Crippen molar-refractivity contribution in [3.05, 3.63) is 40.1 Å². The summed E-state index contributed by atoms with van der Waals surface area (Å²) in [5.41, 5.74) is 0.295. The molecule has 1 amide bonds. The van der Waals surface area contributed by atoms with Crippen molar-refractivity contribution in [3.63, 3.8) is 0 Å². The minimum atomic E-state index is -0.568. The summed E-state index contributed by atoms with van der Waals surface area (Å²) >= 11 is 0.779. The fraction of sp³-hybridized carbons (Fsp3) is 0.167. The third-order valence-electron chi connectivity index (χ3n) is 2.51. The maximum atomic E-state index is 12.1. The Morgan fingerprint density at radius 3 is 2.38 bits per heavy atom. The van der Waals surface area contributed by atoms with Gasteiger partial charge < -0.3 is 9.47 Å². The molecular weight excluding hydrogens is 298 g/mol. The molecule has 0 spiro atoms. The number of carbonyl (C=O) groups excluding carboxylic acids is 1. The molecule has 8 nitrogen and oxygen atoms in total. The first-order valence-corrected chi connectivity index (χ1v) is 6.49. The molecule has 2 aromatic rings. The normalized spacial score (nSPS) is 10.0. The molecule has 0 fully saturated rings. The summed E-state index contributed by atoms with van der Waals surface area (Å²) in [5, 5.41) is 13.1. The van der Waals surface area contributed by atoms with Crippen LogP contribution in [0, 0.1) is 10.1 Å². The summed E-state index contributed by atoms with van der Waals surface area (Å²) in [6, 6.07) is 4.69. The number of nitrogens with one attached hydrogen (secondary N) is 1. The number of benzene rings is 1. The van der Waals surface area contributed by atoms with Gasteiger partial charge in [-0.2, -0.15) is 0 Å². The summed E-state index contributed by atoms with van der Waals surface area (Å²) in [4.78, 5) is 25.9. The Kier molecular flexibility index (Phi) is 4.33. The van der Waals surface area contributed by atoms with Crippen molar-refractivity contribution < 1.29 is 19.2 Å². The van der Waals surface area contributed by atoms with E-state index in [-0.39, 0.29) is 10.1 Å². The van der Waals surface area contributed by atoms with Gasteiger partial charge in [0.05, 0.1) is 19.1 Å². The van der Waals surface area contributed by atoms with Crippen LogP contribution >= 0.6 is 11.3 Å². The van der Waals surface area contributed by atoms with E-state index in [2.05, 4.69) is 10.3 Å². The van der Waals surface area contributed by atoms with Gasteiger partial charge in [0.2, 0.25) is 0 Å². The van der Waals surface area contributed by atoms with Gasteiger partial charge in [-0.25, -0.2) is 4.98 Å². The number of nitrogens with zero attached hydrogens (tertiary/aromatic N) is 2. The topological polar surface area (TPSA) is 104 Å². The van der Waals surface area contributed by atoms with E-state index in [1.54, 1.807) is 6.07 Å². The molecule has 0 bridgehead atoms. The molecule has 21 heavy (non-hydrogen) atoms. The zero-order valence-corrected chi connectivity index (χ0v) is 12.0. The number of rotatable bonds is 5. The van der Waals surface area contributed by atoms with Crippen molar-refractivity contribution in [2.24, 2.45) is 0 Å². The summed E-state index contributed by atoms with van der Waals surface area (Å²) in [5.74, 6) is 0.464. The molecule has 0 saturated heterocycles. The average molecular weight is 309 g/mol. The standard InChI is InChI=1S/C12H11N3O5S/c1-19-8-3-7(4-9(5-8)20-2)11(16)14-12-13-6-10(21-12)15(17)18/h3-6H,1-2H3,(H,13,14,16). The Hall–Kier alpha value is -2.68. The number of carbonyl (C=O) groups is 1. The minimum Gasteiger partial charge on any atom is -0.497 e. The van der Waals surface area contributed by atoms with E-state index in [0.29, 0.717) is 17.1 Å². The quantitative estimate of drug-likeness (QED) is 0.671. The molecule has 1 N–H and O–H groups in total. The zero-order valence-electron chi connectivity index (χ0n) is 11.2. The van der Waals surface area contributed by atoms with E-state index in [9.17, 15) is 14.9 Å². The number of nitro groups is 1. The molecular formula is C12H11N3O5S. The smallest absolute Gasteiger partial charge is 0.345 e. The van der Waals surface area contributed by atoms with Crippen LogP contribution in [0.5, 0.6) is 11.5 Å². The van der Waals surface area contributed by atoms with Gasteiger partial charge in [0, 0.05) is 11.6 Å². The summed E-state index contributed by atoms with van der Waals surface area (Å²) < 4.78 is 10.1. The Morgan fingerprint density at radius 2 is 1.90 bits per heavy atom. The first-order chi connectivity index (χ1) is 10.0. The molecule has 1 aromatic heterocycles. The van der Waals surface area contributed by atoms with E-state index >= 15 is 0 Å². The van der Waals surface area contributed by atoms with Crippen molar-refractivity contribution in [1.29, 1.82) is 0 Å². The maximum absolute atomic E-state index is 12.1. The van der Waals surface area contributed by atoms with Crippen molar-refractivity contribution in [2.45, 2.75) is 0 Å². The zero-order chi connectivity index (χ0) is 15.4. The van der Waals surface area contributed by atoms with Crippen LogP contribution < -0.4 is 14.8 Å². The lowest BCUT2D eigenvalue weighted by atomic mass is 10.2. The van der Waals surface area contributed by atoms with Gasteiger partial charge in [-0.05, 0) is 23.5 Å². The molecule has 0 unspecified atom stereocenters. The maximum Gasteiger partial charge on any atom is 0.345 e. The van der Waals surface area contributed by atoms with Crippen LogP contribution in [0.15, 0.2) is 24.4 Å². The first kappa shape index (κ1) is 14.7. The molecule has 0 saturated carbocycles. The highest BCUT2D eigenvalue weighted by Crippen LogP contribution is 2.27. The number of aromatic nitrogens is 1. The van der Waals surface area contributed by atoms with Crippen LogP contribution in [-0.2, 0) is 0 Å². The molecule has 110 valence electrons. The van der Waals surface area contributed by atoms with Gasteiger partial charge in [-0.3, -0.25) is 20.2 Å². The van der Waals surface area contributed by atoms with Crippen LogP contribution in [0.2, 0.25) is 0 Å². The van der Waals surface area contributed by atoms with E-state index in [1.807, 2.05) is 0 Å². The second-order valence-corrected chi connectivity index (χ2v) is 4.83. The predicted molar refractivity (Wildman–Crippen MR) is 76.3 cm³/mol. The number of methoxy groups -OCH3 is 2. The molecule has 0 radical (unpaired) electrons. The van der Waals surface area contributed by atoms with Crippen LogP contribution in [-0.4, -0.2) is 30.0 Å². The molecule has 0 atom stereocenters. The Bertz CT molecular complexity index is 663. The fourth-order valence-corrected chi connectivity index (χ4v) is 2.14. The number of thiazole rings is 1. The van der Waals surface area contributed by atoms with Gasteiger partial charge in [0.1, 0.15) is 17.7 Å². The molecule has 1 heterocycles. The molecule has 2 rings (SSSR count). The van der Waals surface area contributed by atoms with E-state index in [1.165, 1.54) is 26.4 Å². The Morgan fingerprint density at radius 1 is 1.29 bits per heavy atom. The van der Waals surface area contributed by atoms with Crippen molar-refractivity contribution >= 4 is 27.4 Å². The lowest BCUT2D eigenvalue weighted by molar-refractivity contribution is -0.380.